The highest BCUT2D eigenvalue weighted by molar-refractivity contribution is 14.0. The zero-order chi connectivity index (χ0) is 18.8. The second kappa shape index (κ2) is 12.7. The minimum atomic E-state index is -0.461. The molecular weight excluding hydrogens is 453 g/mol. The minimum Gasteiger partial charge on any atom is -0.388 e. The SMILES string of the molecule is CCNC(=NCCCn1nc(C)cc1C)NCCC(O)c1ccccc1.I. The van der Waals surface area contributed by atoms with E-state index in [9.17, 15) is 5.11 Å². The monoisotopic (exact) mass is 485 g/mol. The van der Waals surface area contributed by atoms with Gasteiger partial charge < -0.3 is 15.7 Å². The van der Waals surface area contributed by atoms with Crippen molar-refractivity contribution in [2.75, 3.05) is 19.6 Å². The Morgan fingerprint density at radius 3 is 2.59 bits per heavy atom. The lowest BCUT2D eigenvalue weighted by Crippen LogP contribution is -2.38. The topological polar surface area (TPSA) is 74.5 Å². The van der Waals surface area contributed by atoms with Crippen LogP contribution in [0.1, 0.15) is 42.8 Å². The summed E-state index contributed by atoms with van der Waals surface area (Å²) in [5.41, 5.74) is 3.19. The number of aliphatic hydroxyl groups is 1. The fraction of sp³-hybridized carbons (Fsp3) is 0.500. The molecule has 1 heterocycles. The van der Waals surface area contributed by atoms with E-state index >= 15 is 0 Å². The average molecular weight is 485 g/mol. The Morgan fingerprint density at radius 1 is 1.22 bits per heavy atom. The first-order chi connectivity index (χ1) is 12.6. The fourth-order valence-corrected chi connectivity index (χ4v) is 2.82. The highest BCUT2D eigenvalue weighted by atomic mass is 127. The van der Waals surface area contributed by atoms with Crippen LogP contribution in [0, 0.1) is 13.8 Å². The highest BCUT2D eigenvalue weighted by Gasteiger charge is 2.07. The van der Waals surface area contributed by atoms with Gasteiger partial charge in [0, 0.05) is 31.9 Å². The molecule has 0 radical (unpaired) electrons. The van der Waals surface area contributed by atoms with Crippen LogP contribution >= 0.6 is 24.0 Å². The van der Waals surface area contributed by atoms with Gasteiger partial charge in [0.25, 0.3) is 0 Å². The summed E-state index contributed by atoms with van der Waals surface area (Å²) >= 11 is 0. The van der Waals surface area contributed by atoms with Crippen molar-refractivity contribution in [3.8, 4) is 0 Å². The predicted molar refractivity (Wildman–Crippen MR) is 122 cm³/mol. The van der Waals surface area contributed by atoms with Crippen molar-refractivity contribution in [1.29, 1.82) is 0 Å². The highest BCUT2D eigenvalue weighted by Crippen LogP contribution is 2.14. The van der Waals surface area contributed by atoms with Crippen LogP contribution in [0.25, 0.3) is 0 Å². The van der Waals surface area contributed by atoms with Crippen LogP contribution in [0.3, 0.4) is 0 Å². The van der Waals surface area contributed by atoms with Crippen LogP contribution in [-0.4, -0.2) is 40.5 Å². The van der Waals surface area contributed by atoms with E-state index in [1.165, 1.54) is 5.69 Å². The van der Waals surface area contributed by atoms with Crippen LogP contribution in [0.15, 0.2) is 41.4 Å². The molecule has 27 heavy (non-hydrogen) atoms. The molecule has 1 atom stereocenters. The van der Waals surface area contributed by atoms with E-state index in [-0.39, 0.29) is 24.0 Å². The first-order valence-corrected chi connectivity index (χ1v) is 9.36. The van der Waals surface area contributed by atoms with Gasteiger partial charge in [0.05, 0.1) is 11.8 Å². The summed E-state index contributed by atoms with van der Waals surface area (Å²) in [6.07, 6.45) is 1.11. The summed E-state index contributed by atoms with van der Waals surface area (Å²) in [4.78, 5) is 4.61. The summed E-state index contributed by atoms with van der Waals surface area (Å²) < 4.78 is 2.03. The molecule has 0 amide bonds. The molecule has 7 heteroatoms. The zero-order valence-corrected chi connectivity index (χ0v) is 18.8. The Bertz CT molecular complexity index is 687. The average Bonchev–Trinajstić information content (AvgIpc) is 2.96. The molecule has 2 rings (SSSR count). The lowest BCUT2D eigenvalue weighted by atomic mass is 10.1. The van der Waals surface area contributed by atoms with Crippen molar-refractivity contribution in [2.24, 2.45) is 4.99 Å². The Balaban J connectivity index is 0.00000364. The molecule has 0 saturated heterocycles. The van der Waals surface area contributed by atoms with Crippen LogP contribution < -0.4 is 10.6 Å². The molecular formula is C20H32IN5O. The quantitative estimate of drug-likeness (QED) is 0.221. The number of nitrogens with one attached hydrogen (secondary N) is 2. The Morgan fingerprint density at radius 2 is 1.96 bits per heavy atom. The predicted octanol–water partition coefficient (Wildman–Crippen LogP) is 3.19. The molecule has 2 aromatic rings. The van der Waals surface area contributed by atoms with E-state index in [2.05, 4.69) is 33.7 Å². The summed E-state index contributed by atoms with van der Waals surface area (Å²) in [7, 11) is 0. The van der Waals surface area contributed by atoms with Crippen molar-refractivity contribution in [1.82, 2.24) is 20.4 Å². The van der Waals surface area contributed by atoms with Gasteiger partial charge in [-0.15, -0.1) is 24.0 Å². The maximum atomic E-state index is 10.2. The van der Waals surface area contributed by atoms with Crippen molar-refractivity contribution < 1.29 is 5.11 Å². The molecule has 0 aliphatic carbocycles. The maximum Gasteiger partial charge on any atom is 0.191 e. The van der Waals surface area contributed by atoms with Gasteiger partial charge in [-0.2, -0.15) is 5.10 Å². The molecule has 0 bridgehead atoms. The number of benzene rings is 1. The Labute approximate surface area is 179 Å². The Hall–Kier alpha value is -1.61. The lowest BCUT2D eigenvalue weighted by molar-refractivity contribution is 0.168. The molecule has 0 aliphatic rings. The van der Waals surface area contributed by atoms with E-state index in [4.69, 9.17) is 0 Å². The molecule has 1 unspecified atom stereocenters. The number of hydrogen-bond acceptors (Lipinski definition) is 3. The van der Waals surface area contributed by atoms with Gasteiger partial charge in [-0.05, 0) is 45.2 Å². The number of halogens is 1. The third-order valence-electron chi connectivity index (χ3n) is 4.14. The number of aliphatic imine (C=N–C) groups is 1. The minimum absolute atomic E-state index is 0. The Kier molecular flexibility index (Phi) is 11.0. The molecule has 0 fully saturated rings. The molecule has 1 aromatic heterocycles. The van der Waals surface area contributed by atoms with Crippen molar-refractivity contribution in [3.05, 3.63) is 53.3 Å². The molecule has 6 nitrogen and oxygen atoms in total. The van der Waals surface area contributed by atoms with Gasteiger partial charge >= 0.3 is 0 Å². The van der Waals surface area contributed by atoms with Gasteiger partial charge in [-0.1, -0.05) is 30.3 Å². The van der Waals surface area contributed by atoms with Crippen LogP contribution in [0.2, 0.25) is 0 Å². The fourth-order valence-electron chi connectivity index (χ4n) is 2.82. The number of rotatable bonds is 9. The second-order valence-electron chi connectivity index (χ2n) is 6.41. The van der Waals surface area contributed by atoms with Crippen LogP contribution in [0.5, 0.6) is 0 Å². The summed E-state index contributed by atoms with van der Waals surface area (Å²) in [6, 6.07) is 11.8. The van der Waals surface area contributed by atoms with Gasteiger partial charge in [-0.25, -0.2) is 0 Å². The zero-order valence-electron chi connectivity index (χ0n) is 16.5. The largest absolute Gasteiger partial charge is 0.388 e. The van der Waals surface area contributed by atoms with Gasteiger partial charge in [0.1, 0.15) is 0 Å². The molecule has 3 N–H and O–H groups in total. The van der Waals surface area contributed by atoms with E-state index in [0.717, 1.165) is 43.3 Å². The van der Waals surface area contributed by atoms with Crippen LogP contribution in [0.4, 0.5) is 0 Å². The number of guanidine groups is 1. The van der Waals surface area contributed by atoms with E-state index in [1.807, 2.05) is 48.9 Å². The molecule has 0 aliphatic heterocycles. The maximum absolute atomic E-state index is 10.2. The standard InChI is InChI=1S/C20H31N5O.HI/c1-4-21-20(22-12-8-14-25-17(3)15-16(2)24-25)23-13-11-19(26)18-9-6-5-7-10-18;/h5-7,9-10,15,19,26H,4,8,11-14H2,1-3H3,(H2,21,22,23);1H. The van der Waals surface area contributed by atoms with Crippen molar-refractivity contribution in [2.45, 2.75) is 46.3 Å². The van der Waals surface area contributed by atoms with E-state index in [0.29, 0.717) is 13.0 Å². The first-order valence-electron chi connectivity index (χ1n) is 9.36. The van der Waals surface area contributed by atoms with Crippen LogP contribution in [-0.2, 0) is 6.54 Å². The second-order valence-corrected chi connectivity index (χ2v) is 6.41. The van der Waals surface area contributed by atoms with Crippen molar-refractivity contribution in [3.63, 3.8) is 0 Å². The van der Waals surface area contributed by atoms with E-state index < -0.39 is 6.10 Å². The van der Waals surface area contributed by atoms with Gasteiger partial charge in [0.2, 0.25) is 0 Å². The van der Waals surface area contributed by atoms with E-state index in [1.54, 1.807) is 0 Å². The molecule has 0 saturated carbocycles. The smallest absolute Gasteiger partial charge is 0.191 e. The molecule has 0 spiro atoms. The van der Waals surface area contributed by atoms with Gasteiger partial charge in [-0.3, -0.25) is 9.67 Å². The summed E-state index contributed by atoms with van der Waals surface area (Å²) in [6.45, 7) is 9.21. The van der Waals surface area contributed by atoms with Gasteiger partial charge in [0.15, 0.2) is 5.96 Å². The lowest BCUT2D eigenvalue weighted by Gasteiger charge is -2.14. The number of aliphatic hydroxyl groups excluding tert-OH is 1. The normalized spacial score (nSPS) is 12.4. The summed E-state index contributed by atoms with van der Waals surface area (Å²) in [5, 5.41) is 21.2. The summed E-state index contributed by atoms with van der Waals surface area (Å²) in [5.74, 6) is 0.793. The first kappa shape index (κ1) is 23.4. The number of nitrogens with zero attached hydrogens (tertiary/aromatic N) is 3. The number of aromatic nitrogens is 2. The molecule has 150 valence electrons. The number of hydrogen-bond donors (Lipinski definition) is 3. The third-order valence-corrected chi connectivity index (χ3v) is 4.14. The van der Waals surface area contributed by atoms with Crippen molar-refractivity contribution >= 4 is 29.9 Å². The third kappa shape index (κ3) is 8.30. The molecule has 1 aromatic carbocycles. The number of aryl methyl sites for hydroxylation is 3.